The Kier molecular flexibility index (Phi) is 8.96. The van der Waals surface area contributed by atoms with Crippen LogP contribution in [0.25, 0.3) is 0 Å². The third-order valence-corrected chi connectivity index (χ3v) is 6.04. The van der Waals surface area contributed by atoms with E-state index < -0.39 is 6.10 Å². The zero-order valence-corrected chi connectivity index (χ0v) is 19.6. The molecule has 0 spiro atoms. The molecule has 0 heterocycles. The molecule has 2 aromatic rings. The molecule has 0 aliphatic carbocycles. The highest BCUT2D eigenvalue weighted by Crippen LogP contribution is 2.40. The van der Waals surface area contributed by atoms with Crippen LogP contribution in [-0.4, -0.2) is 30.3 Å². The molecule has 0 aliphatic heterocycles. The van der Waals surface area contributed by atoms with E-state index in [2.05, 4.69) is 39.8 Å². The molecule has 1 N–H and O–H groups in total. The van der Waals surface area contributed by atoms with Crippen LogP contribution in [0.3, 0.4) is 0 Å². The van der Waals surface area contributed by atoms with E-state index in [0.717, 1.165) is 23.3 Å². The number of rotatable bonds is 10. The third-order valence-electron chi connectivity index (χ3n) is 5.13. The van der Waals surface area contributed by atoms with E-state index in [0.29, 0.717) is 28.3 Å². The zero-order chi connectivity index (χ0) is 21.6. The summed E-state index contributed by atoms with van der Waals surface area (Å²) in [6.45, 7) is 9.30. The van der Waals surface area contributed by atoms with E-state index >= 15 is 0 Å². The third kappa shape index (κ3) is 6.42. The van der Waals surface area contributed by atoms with Gasteiger partial charge < -0.3 is 14.6 Å². The Morgan fingerprint density at radius 3 is 2.07 bits per heavy atom. The smallest absolute Gasteiger partial charge is 0.156 e. The van der Waals surface area contributed by atoms with Crippen LogP contribution in [0.2, 0.25) is 10.0 Å². The predicted molar refractivity (Wildman–Crippen MR) is 122 cm³/mol. The number of aliphatic hydroxyl groups is 1. The first-order valence-electron chi connectivity index (χ1n) is 9.78. The molecule has 0 bridgehead atoms. The fraction of sp³-hybridized carbons (Fsp3) is 0.478. The Bertz CT molecular complexity index is 767. The van der Waals surface area contributed by atoms with Gasteiger partial charge in [-0.05, 0) is 41.3 Å². The molecule has 2 aromatic carbocycles. The van der Waals surface area contributed by atoms with Crippen molar-refractivity contribution in [2.75, 3.05) is 19.1 Å². The Hall–Kier alpha value is -1.13. The van der Waals surface area contributed by atoms with E-state index in [4.69, 9.17) is 44.3 Å². The minimum Gasteiger partial charge on any atom is -0.493 e. The number of hydrogen-bond donors (Lipinski definition) is 1. The highest BCUT2D eigenvalue weighted by molar-refractivity contribution is 6.37. The van der Waals surface area contributed by atoms with Gasteiger partial charge in [0.1, 0.15) is 18.5 Å². The molecule has 0 radical (unpaired) electrons. The van der Waals surface area contributed by atoms with Crippen LogP contribution in [0.15, 0.2) is 36.4 Å². The summed E-state index contributed by atoms with van der Waals surface area (Å²) in [6, 6.07) is 11.8. The summed E-state index contributed by atoms with van der Waals surface area (Å²) >= 11 is 18.4. The maximum atomic E-state index is 9.59. The molecular formula is C23H29Cl3O3. The lowest BCUT2D eigenvalue weighted by atomic mass is 9.78. The first kappa shape index (κ1) is 24.1. The standard InChI is InChI=1S/C23H29Cl3O3/c1-5-15(2)13-28-19-8-6-16(7-9-19)23(3,4)17-10-20(25)22(21(26)11-17)29-14-18(27)12-24/h6-11,15,18,27H,5,12-14H2,1-4H3/t15-,18+/m1/s1. The van der Waals surface area contributed by atoms with Gasteiger partial charge in [0.2, 0.25) is 0 Å². The second kappa shape index (κ2) is 10.8. The molecule has 0 aliphatic rings. The maximum absolute atomic E-state index is 9.59. The van der Waals surface area contributed by atoms with Crippen LogP contribution in [0, 0.1) is 5.92 Å². The van der Waals surface area contributed by atoms with E-state index in [-0.39, 0.29) is 17.9 Å². The molecule has 160 valence electrons. The van der Waals surface area contributed by atoms with Crippen molar-refractivity contribution in [1.82, 2.24) is 0 Å². The Morgan fingerprint density at radius 1 is 0.966 bits per heavy atom. The molecule has 29 heavy (non-hydrogen) atoms. The quantitative estimate of drug-likeness (QED) is 0.401. The average Bonchev–Trinajstić information content (AvgIpc) is 2.71. The van der Waals surface area contributed by atoms with Crippen molar-refractivity contribution in [1.29, 1.82) is 0 Å². The molecule has 0 saturated carbocycles. The second-order valence-corrected chi connectivity index (χ2v) is 8.98. The molecule has 0 aromatic heterocycles. The van der Waals surface area contributed by atoms with Crippen molar-refractivity contribution < 1.29 is 14.6 Å². The SMILES string of the molecule is CC[C@@H](C)COc1ccc(C(C)(C)c2cc(Cl)c(OC[C@@H](O)CCl)c(Cl)c2)cc1. The van der Waals surface area contributed by atoms with Crippen molar-refractivity contribution in [3.63, 3.8) is 0 Å². The Morgan fingerprint density at radius 2 is 1.55 bits per heavy atom. The molecule has 2 rings (SSSR count). The fourth-order valence-electron chi connectivity index (χ4n) is 2.77. The lowest BCUT2D eigenvalue weighted by Gasteiger charge is -2.27. The van der Waals surface area contributed by atoms with Gasteiger partial charge in [0.15, 0.2) is 5.75 Å². The average molecular weight is 460 g/mol. The van der Waals surface area contributed by atoms with E-state index in [1.807, 2.05) is 24.3 Å². The van der Waals surface area contributed by atoms with Gasteiger partial charge in [-0.2, -0.15) is 0 Å². The van der Waals surface area contributed by atoms with Crippen LogP contribution in [-0.2, 0) is 5.41 Å². The van der Waals surface area contributed by atoms with E-state index in [1.165, 1.54) is 0 Å². The van der Waals surface area contributed by atoms with Crippen molar-refractivity contribution in [3.8, 4) is 11.5 Å². The molecule has 6 heteroatoms. The first-order valence-corrected chi connectivity index (χ1v) is 11.1. The molecular weight excluding hydrogens is 431 g/mol. The van der Waals surface area contributed by atoms with Crippen molar-refractivity contribution in [2.45, 2.75) is 45.6 Å². The Balaban J connectivity index is 2.19. The summed E-state index contributed by atoms with van der Waals surface area (Å²) in [6.07, 6.45) is 0.318. The van der Waals surface area contributed by atoms with E-state index in [9.17, 15) is 5.11 Å². The predicted octanol–water partition coefficient (Wildman–Crippen LogP) is 6.72. The molecule has 0 saturated heterocycles. The maximum Gasteiger partial charge on any atom is 0.156 e. The van der Waals surface area contributed by atoms with Gasteiger partial charge >= 0.3 is 0 Å². The summed E-state index contributed by atoms with van der Waals surface area (Å²) in [4.78, 5) is 0. The van der Waals surface area contributed by atoms with Crippen molar-refractivity contribution in [3.05, 3.63) is 57.6 Å². The largest absolute Gasteiger partial charge is 0.493 e. The zero-order valence-electron chi connectivity index (χ0n) is 17.3. The molecule has 3 nitrogen and oxygen atoms in total. The van der Waals surface area contributed by atoms with Crippen LogP contribution in [0.1, 0.15) is 45.2 Å². The van der Waals surface area contributed by atoms with Gasteiger partial charge in [0, 0.05) is 5.41 Å². The molecule has 0 amide bonds. The van der Waals surface area contributed by atoms with Crippen molar-refractivity contribution >= 4 is 34.8 Å². The number of hydrogen-bond acceptors (Lipinski definition) is 3. The second-order valence-electron chi connectivity index (χ2n) is 7.86. The van der Waals surface area contributed by atoms with Gasteiger partial charge in [0.05, 0.1) is 22.5 Å². The first-order chi connectivity index (χ1) is 13.7. The van der Waals surface area contributed by atoms with Gasteiger partial charge in [0.25, 0.3) is 0 Å². The summed E-state index contributed by atoms with van der Waals surface area (Å²) in [5, 5.41) is 10.4. The number of alkyl halides is 1. The number of benzene rings is 2. The van der Waals surface area contributed by atoms with Crippen LogP contribution in [0.4, 0.5) is 0 Å². The van der Waals surface area contributed by atoms with Gasteiger partial charge in [-0.3, -0.25) is 0 Å². The normalized spacial score (nSPS) is 13.8. The summed E-state index contributed by atoms with van der Waals surface area (Å²) < 4.78 is 11.4. The van der Waals surface area contributed by atoms with Gasteiger partial charge in [-0.15, -0.1) is 11.6 Å². The van der Waals surface area contributed by atoms with Crippen LogP contribution < -0.4 is 9.47 Å². The molecule has 0 fully saturated rings. The van der Waals surface area contributed by atoms with Crippen LogP contribution in [0.5, 0.6) is 11.5 Å². The topological polar surface area (TPSA) is 38.7 Å². The molecule has 2 atom stereocenters. The molecule has 0 unspecified atom stereocenters. The lowest BCUT2D eigenvalue weighted by Crippen LogP contribution is -2.20. The summed E-state index contributed by atoms with van der Waals surface area (Å²) in [5.74, 6) is 1.83. The highest BCUT2D eigenvalue weighted by atomic mass is 35.5. The fourth-order valence-corrected chi connectivity index (χ4v) is 3.46. The van der Waals surface area contributed by atoms with Gasteiger partial charge in [-0.25, -0.2) is 0 Å². The monoisotopic (exact) mass is 458 g/mol. The van der Waals surface area contributed by atoms with Gasteiger partial charge in [-0.1, -0.05) is 69.5 Å². The van der Waals surface area contributed by atoms with Crippen molar-refractivity contribution in [2.24, 2.45) is 5.92 Å². The van der Waals surface area contributed by atoms with Crippen LogP contribution >= 0.6 is 34.8 Å². The highest BCUT2D eigenvalue weighted by Gasteiger charge is 2.26. The minimum atomic E-state index is -0.777. The van der Waals surface area contributed by atoms with E-state index in [1.54, 1.807) is 0 Å². The number of halogens is 3. The summed E-state index contributed by atoms with van der Waals surface area (Å²) in [7, 11) is 0. The Labute approximate surface area is 188 Å². The number of ether oxygens (including phenoxy) is 2. The number of aliphatic hydroxyl groups excluding tert-OH is 1. The summed E-state index contributed by atoms with van der Waals surface area (Å²) in [5.41, 5.74) is 1.76. The lowest BCUT2D eigenvalue weighted by molar-refractivity contribution is 0.125. The minimum absolute atomic E-state index is 0.0315.